The summed E-state index contributed by atoms with van der Waals surface area (Å²) >= 11 is 13.2. The van der Waals surface area contributed by atoms with E-state index in [2.05, 4.69) is 15.5 Å². The molecule has 0 saturated carbocycles. The Bertz CT molecular complexity index is 1110. The number of rotatable bonds is 8. The van der Waals surface area contributed by atoms with Crippen molar-refractivity contribution in [3.05, 3.63) is 63.6 Å². The molecule has 3 aromatic rings. The quantitative estimate of drug-likeness (QED) is 0.440. The van der Waals surface area contributed by atoms with E-state index in [1.807, 2.05) is 30.3 Å². The molecule has 1 fully saturated rings. The van der Waals surface area contributed by atoms with Gasteiger partial charge in [0.25, 0.3) is 0 Å². The molecule has 7 nitrogen and oxygen atoms in total. The van der Waals surface area contributed by atoms with Gasteiger partial charge in [-0.3, -0.25) is 9.59 Å². The highest BCUT2D eigenvalue weighted by Crippen LogP contribution is 2.34. The van der Waals surface area contributed by atoms with Gasteiger partial charge in [0, 0.05) is 36.0 Å². The largest absolute Gasteiger partial charge is 0.492 e. The number of benzene rings is 2. The Balaban J connectivity index is 1.24. The van der Waals surface area contributed by atoms with Crippen molar-refractivity contribution in [1.82, 2.24) is 10.2 Å². The highest BCUT2D eigenvalue weighted by molar-refractivity contribution is 7.15. The molecule has 1 unspecified atom stereocenters. The highest BCUT2D eigenvalue weighted by Gasteiger charge is 2.33. The molecule has 1 aliphatic rings. The number of nitrogens with one attached hydrogen (secondary N) is 1. The van der Waals surface area contributed by atoms with Crippen LogP contribution in [0.2, 0.25) is 10.0 Å². The molecule has 4 rings (SSSR count). The maximum Gasteiger partial charge on any atom is 0.227 e. The minimum Gasteiger partial charge on any atom is -0.492 e. The van der Waals surface area contributed by atoms with Crippen LogP contribution in [0.4, 0.5) is 10.8 Å². The second kappa shape index (κ2) is 10.3. The zero-order chi connectivity index (χ0) is 22.5. The van der Waals surface area contributed by atoms with Crippen molar-refractivity contribution in [1.29, 1.82) is 0 Å². The number of halogens is 2. The lowest BCUT2D eigenvalue weighted by Crippen LogP contribution is -2.24. The van der Waals surface area contributed by atoms with Gasteiger partial charge >= 0.3 is 0 Å². The number of ether oxygens (including phenoxy) is 1. The van der Waals surface area contributed by atoms with E-state index in [9.17, 15) is 9.59 Å². The van der Waals surface area contributed by atoms with Crippen molar-refractivity contribution in [2.45, 2.75) is 25.2 Å². The van der Waals surface area contributed by atoms with Crippen LogP contribution in [0, 0.1) is 0 Å². The zero-order valence-corrected chi connectivity index (χ0v) is 19.3. The van der Waals surface area contributed by atoms with Crippen LogP contribution in [0.5, 0.6) is 5.75 Å². The van der Waals surface area contributed by atoms with Gasteiger partial charge in [-0.2, -0.15) is 0 Å². The van der Waals surface area contributed by atoms with Gasteiger partial charge in [0.15, 0.2) is 0 Å². The summed E-state index contributed by atoms with van der Waals surface area (Å²) in [4.78, 5) is 26.4. The van der Waals surface area contributed by atoms with E-state index in [0.29, 0.717) is 46.9 Å². The fourth-order valence-corrected chi connectivity index (χ4v) is 4.68. The summed E-state index contributed by atoms with van der Waals surface area (Å²) in [5, 5.41) is 13.2. The molecular formula is C22H20Cl2N4O3S. The smallest absolute Gasteiger partial charge is 0.227 e. The first kappa shape index (κ1) is 22.5. The minimum absolute atomic E-state index is 0.0385. The van der Waals surface area contributed by atoms with Crippen LogP contribution in [0.25, 0.3) is 0 Å². The molecular weight excluding hydrogens is 471 g/mol. The molecule has 10 heteroatoms. The summed E-state index contributed by atoms with van der Waals surface area (Å²) in [6.45, 7) is 0.895. The molecule has 2 aromatic carbocycles. The molecule has 1 atom stereocenters. The van der Waals surface area contributed by atoms with Crippen molar-refractivity contribution in [2.24, 2.45) is 0 Å². The van der Waals surface area contributed by atoms with Gasteiger partial charge in [0.1, 0.15) is 10.8 Å². The minimum atomic E-state index is -0.174. The van der Waals surface area contributed by atoms with Gasteiger partial charge in [0.05, 0.1) is 11.6 Å². The molecule has 2 amide bonds. The van der Waals surface area contributed by atoms with E-state index < -0.39 is 0 Å². The van der Waals surface area contributed by atoms with E-state index in [4.69, 9.17) is 27.9 Å². The third-order valence-corrected chi connectivity index (χ3v) is 6.46. The van der Waals surface area contributed by atoms with E-state index in [-0.39, 0.29) is 24.2 Å². The predicted octanol–water partition coefficient (Wildman–Crippen LogP) is 5.16. The molecule has 1 aliphatic heterocycles. The van der Waals surface area contributed by atoms with Crippen molar-refractivity contribution in [3.63, 3.8) is 0 Å². The summed E-state index contributed by atoms with van der Waals surface area (Å²) in [7, 11) is 0. The Kier molecular flexibility index (Phi) is 7.24. The number of nitrogens with zero attached hydrogens (tertiary/aromatic N) is 3. The first-order chi connectivity index (χ1) is 15.5. The first-order valence-corrected chi connectivity index (χ1v) is 11.6. The number of para-hydroxylation sites is 1. The summed E-state index contributed by atoms with van der Waals surface area (Å²) in [5.74, 6) is 0.374. The van der Waals surface area contributed by atoms with Crippen LogP contribution in [-0.4, -0.2) is 35.2 Å². The van der Waals surface area contributed by atoms with Crippen LogP contribution in [0.3, 0.4) is 0 Å². The summed E-state index contributed by atoms with van der Waals surface area (Å²) < 4.78 is 5.59. The number of hydrogen-bond donors (Lipinski definition) is 1. The van der Waals surface area contributed by atoms with Crippen LogP contribution in [0.15, 0.2) is 48.5 Å². The second-order valence-corrected chi connectivity index (χ2v) is 9.11. The van der Waals surface area contributed by atoms with E-state index in [0.717, 1.165) is 10.7 Å². The van der Waals surface area contributed by atoms with Crippen molar-refractivity contribution >= 4 is 57.2 Å². The normalized spacial score (nSPS) is 15.8. The number of carbonyl (C=O) groups excluding carboxylic acids is 2. The topological polar surface area (TPSA) is 84.4 Å². The molecule has 0 radical (unpaired) electrons. The van der Waals surface area contributed by atoms with Crippen LogP contribution < -0.4 is 15.0 Å². The Morgan fingerprint density at radius 2 is 2.00 bits per heavy atom. The van der Waals surface area contributed by atoms with Crippen molar-refractivity contribution < 1.29 is 14.3 Å². The number of carbonyl (C=O) groups is 2. The summed E-state index contributed by atoms with van der Waals surface area (Å²) in [5.41, 5.74) is 0.875. The van der Waals surface area contributed by atoms with Crippen LogP contribution >= 0.6 is 34.5 Å². The van der Waals surface area contributed by atoms with Crippen LogP contribution in [0.1, 0.15) is 30.2 Å². The Hall–Kier alpha value is -2.68. The van der Waals surface area contributed by atoms with E-state index in [1.165, 1.54) is 11.3 Å². The van der Waals surface area contributed by atoms with Gasteiger partial charge in [-0.15, -0.1) is 10.2 Å². The van der Waals surface area contributed by atoms with Gasteiger partial charge in [-0.1, -0.05) is 52.7 Å². The molecule has 0 spiro atoms. The van der Waals surface area contributed by atoms with Gasteiger partial charge in [-0.05, 0) is 36.8 Å². The van der Waals surface area contributed by atoms with Crippen molar-refractivity contribution in [2.75, 3.05) is 23.4 Å². The molecule has 2 heterocycles. The Labute approximate surface area is 199 Å². The summed E-state index contributed by atoms with van der Waals surface area (Å²) in [6, 6.07) is 14.6. The number of aromatic nitrogens is 2. The third kappa shape index (κ3) is 5.56. The van der Waals surface area contributed by atoms with Gasteiger partial charge in [0.2, 0.25) is 16.9 Å². The van der Waals surface area contributed by atoms with Gasteiger partial charge < -0.3 is 15.0 Å². The molecule has 166 valence electrons. The number of hydrogen-bond acceptors (Lipinski definition) is 6. The SMILES string of the molecule is O=C(CCCOc1ccc(Cl)cc1Cl)Nc1nnc(C2CC(=O)N(c3ccccc3)C2)s1. The maximum absolute atomic E-state index is 12.4. The molecule has 1 saturated heterocycles. The fraction of sp³-hybridized carbons (Fsp3) is 0.273. The van der Waals surface area contributed by atoms with Crippen molar-refractivity contribution in [3.8, 4) is 5.75 Å². The number of anilines is 2. The van der Waals surface area contributed by atoms with Gasteiger partial charge in [-0.25, -0.2) is 0 Å². The molecule has 1 aromatic heterocycles. The third-order valence-electron chi connectivity index (χ3n) is 4.93. The predicted molar refractivity (Wildman–Crippen MR) is 126 cm³/mol. The Morgan fingerprint density at radius 1 is 1.19 bits per heavy atom. The molecule has 1 N–H and O–H groups in total. The van der Waals surface area contributed by atoms with E-state index in [1.54, 1.807) is 23.1 Å². The average Bonchev–Trinajstić information content (AvgIpc) is 3.39. The molecule has 0 bridgehead atoms. The maximum atomic E-state index is 12.4. The summed E-state index contributed by atoms with van der Waals surface area (Å²) in [6.07, 6.45) is 1.16. The first-order valence-electron chi connectivity index (χ1n) is 10.1. The van der Waals surface area contributed by atoms with E-state index >= 15 is 0 Å². The monoisotopic (exact) mass is 490 g/mol. The highest BCUT2D eigenvalue weighted by atomic mass is 35.5. The lowest BCUT2D eigenvalue weighted by atomic mass is 10.1. The lowest BCUT2D eigenvalue weighted by Gasteiger charge is -2.15. The fourth-order valence-electron chi connectivity index (χ4n) is 3.37. The second-order valence-electron chi connectivity index (χ2n) is 7.26. The zero-order valence-electron chi connectivity index (χ0n) is 17.0. The molecule has 0 aliphatic carbocycles. The Morgan fingerprint density at radius 3 is 2.78 bits per heavy atom. The lowest BCUT2D eigenvalue weighted by molar-refractivity contribution is -0.117. The standard InChI is InChI=1S/C22H20Cl2N4O3S/c23-15-8-9-18(17(24)12-15)31-10-4-7-19(29)25-22-27-26-21(32-22)14-11-20(30)28(13-14)16-5-2-1-3-6-16/h1-3,5-6,8-9,12,14H,4,7,10-11,13H2,(H,25,27,29). The number of amides is 2. The average molecular weight is 491 g/mol. The van der Waals surface area contributed by atoms with Crippen LogP contribution in [-0.2, 0) is 9.59 Å². The molecule has 32 heavy (non-hydrogen) atoms.